The molecule has 0 aliphatic rings. The molecule has 0 aromatic heterocycles. The Hall–Kier alpha value is -1.81. The fourth-order valence-electron chi connectivity index (χ4n) is 1.81. The Labute approximate surface area is 133 Å². The Kier molecular flexibility index (Phi) is 5.81. The van der Waals surface area contributed by atoms with Crippen molar-refractivity contribution in [1.29, 1.82) is 0 Å². The van der Waals surface area contributed by atoms with Crippen LogP contribution in [0.1, 0.15) is 19.4 Å². The third-order valence-electron chi connectivity index (χ3n) is 2.77. The van der Waals surface area contributed by atoms with Crippen molar-refractivity contribution in [2.75, 3.05) is 13.2 Å². The van der Waals surface area contributed by atoms with Gasteiger partial charge in [-0.2, -0.15) is 0 Å². The highest BCUT2D eigenvalue weighted by atomic mass is 79.9. The number of nitrogens with zero attached hydrogens (tertiary/aromatic N) is 1. The summed E-state index contributed by atoms with van der Waals surface area (Å²) in [6, 6.07) is 13.6. The van der Waals surface area contributed by atoms with E-state index in [-0.39, 0.29) is 0 Å². The molecular formula is C17H18BrNO2. The Morgan fingerprint density at radius 2 is 1.71 bits per heavy atom. The molecule has 0 fully saturated rings. The summed E-state index contributed by atoms with van der Waals surface area (Å²) in [5.74, 6) is 1.70. The van der Waals surface area contributed by atoms with Crippen molar-refractivity contribution >= 4 is 27.8 Å². The van der Waals surface area contributed by atoms with Crippen LogP contribution in [0.4, 0.5) is 5.69 Å². The van der Waals surface area contributed by atoms with E-state index in [2.05, 4.69) is 20.9 Å². The predicted molar refractivity (Wildman–Crippen MR) is 90.2 cm³/mol. The highest BCUT2D eigenvalue weighted by Gasteiger charge is 2.00. The van der Waals surface area contributed by atoms with Gasteiger partial charge in [-0.3, -0.25) is 4.99 Å². The number of ether oxygens (including phenoxy) is 2. The lowest BCUT2D eigenvalue weighted by atomic mass is 10.2. The fraction of sp³-hybridized carbons (Fsp3) is 0.235. The second kappa shape index (κ2) is 7.84. The molecule has 3 nitrogen and oxygen atoms in total. The lowest BCUT2D eigenvalue weighted by molar-refractivity contribution is 0.338. The van der Waals surface area contributed by atoms with Crippen LogP contribution in [-0.2, 0) is 0 Å². The zero-order chi connectivity index (χ0) is 15.1. The SMILES string of the molecule is CCOc1ccc(N=Cc2ccc(OCC)c(Br)c2)cc1. The molecule has 0 bridgehead atoms. The summed E-state index contributed by atoms with van der Waals surface area (Å²) in [6.07, 6.45) is 1.83. The lowest BCUT2D eigenvalue weighted by Gasteiger charge is -2.06. The van der Waals surface area contributed by atoms with E-state index in [0.717, 1.165) is 27.2 Å². The van der Waals surface area contributed by atoms with Gasteiger partial charge in [0.05, 0.1) is 23.4 Å². The van der Waals surface area contributed by atoms with Crippen LogP contribution >= 0.6 is 15.9 Å². The average Bonchev–Trinajstić information content (AvgIpc) is 2.49. The predicted octanol–water partition coefficient (Wildman–Crippen LogP) is 5.00. The van der Waals surface area contributed by atoms with E-state index in [1.807, 2.05) is 62.5 Å². The van der Waals surface area contributed by atoms with Gasteiger partial charge in [0.25, 0.3) is 0 Å². The molecular weight excluding hydrogens is 330 g/mol. The third-order valence-corrected chi connectivity index (χ3v) is 3.39. The van der Waals surface area contributed by atoms with Gasteiger partial charge in [-0.05, 0) is 77.8 Å². The van der Waals surface area contributed by atoms with Crippen molar-refractivity contribution in [3.8, 4) is 11.5 Å². The summed E-state index contributed by atoms with van der Waals surface area (Å²) < 4.78 is 11.8. The molecule has 2 aromatic carbocycles. The molecule has 0 heterocycles. The lowest BCUT2D eigenvalue weighted by Crippen LogP contribution is -1.93. The van der Waals surface area contributed by atoms with E-state index in [4.69, 9.17) is 9.47 Å². The summed E-state index contributed by atoms with van der Waals surface area (Å²) in [6.45, 7) is 5.25. The second-order valence-corrected chi connectivity index (χ2v) is 5.16. The summed E-state index contributed by atoms with van der Waals surface area (Å²) >= 11 is 3.50. The van der Waals surface area contributed by atoms with Gasteiger partial charge in [-0.15, -0.1) is 0 Å². The largest absolute Gasteiger partial charge is 0.494 e. The molecule has 0 saturated heterocycles. The van der Waals surface area contributed by atoms with Crippen molar-refractivity contribution in [3.05, 3.63) is 52.5 Å². The van der Waals surface area contributed by atoms with E-state index >= 15 is 0 Å². The summed E-state index contributed by atoms with van der Waals surface area (Å²) in [7, 11) is 0. The minimum absolute atomic E-state index is 0.651. The van der Waals surface area contributed by atoms with E-state index in [0.29, 0.717) is 13.2 Å². The molecule has 0 radical (unpaired) electrons. The third kappa shape index (κ3) is 4.60. The zero-order valence-electron chi connectivity index (χ0n) is 12.2. The van der Waals surface area contributed by atoms with E-state index < -0.39 is 0 Å². The average molecular weight is 348 g/mol. The monoisotopic (exact) mass is 347 g/mol. The van der Waals surface area contributed by atoms with E-state index in [9.17, 15) is 0 Å². The molecule has 110 valence electrons. The molecule has 0 N–H and O–H groups in total. The molecule has 2 rings (SSSR count). The van der Waals surface area contributed by atoms with Gasteiger partial charge in [0.15, 0.2) is 0 Å². The topological polar surface area (TPSA) is 30.8 Å². The van der Waals surface area contributed by atoms with Gasteiger partial charge in [0, 0.05) is 6.21 Å². The Morgan fingerprint density at radius 1 is 1.00 bits per heavy atom. The molecule has 0 aliphatic heterocycles. The standard InChI is InChI=1S/C17H18BrNO2/c1-3-20-15-8-6-14(7-9-15)19-12-13-5-10-17(21-4-2)16(18)11-13/h5-12H,3-4H2,1-2H3. The smallest absolute Gasteiger partial charge is 0.133 e. The minimum Gasteiger partial charge on any atom is -0.494 e. The van der Waals surface area contributed by atoms with Crippen LogP contribution < -0.4 is 9.47 Å². The first-order chi connectivity index (χ1) is 10.2. The summed E-state index contributed by atoms with van der Waals surface area (Å²) in [5.41, 5.74) is 1.91. The van der Waals surface area contributed by atoms with E-state index in [1.54, 1.807) is 0 Å². The van der Waals surface area contributed by atoms with E-state index in [1.165, 1.54) is 0 Å². The normalized spacial score (nSPS) is 10.8. The van der Waals surface area contributed by atoms with Gasteiger partial charge in [-0.1, -0.05) is 0 Å². The van der Waals surface area contributed by atoms with Crippen molar-refractivity contribution in [2.45, 2.75) is 13.8 Å². The van der Waals surface area contributed by atoms with Crippen LogP contribution in [0.5, 0.6) is 11.5 Å². The molecule has 0 saturated carbocycles. The van der Waals surface area contributed by atoms with Gasteiger partial charge in [-0.25, -0.2) is 0 Å². The second-order valence-electron chi connectivity index (χ2n) is 4.31. The zero-order valence-corrected chi connectivity index (χ0v) is 13.8. The minimum atomic E-state index is 0.651. The maximum atomic E-state index is 5.49. The number of rotatable bonds is 6. The van der Waals surface area contributed by atoms with Crippen molar-refractivity contribution in [3.63, 3.8) is 0 Å². The Balaban J connectivity index is 2.08. The van der Waals surface area contributed by atoms with Gasteiger partial charge < -0.3 is 9.47 Å². The highest BCUT2D eigenvalue weighted by Crippen LogP contribution is 2.26. The maximum absolute atomic E-state index is 5.49. The Bertz CT molecular complexity index is 609. The summed E-state index contributed by atoms with van der Waals surface area (Å²) in [4.78, 5) is 4.45. The first-order valence-corrected chi connectivity index (χ1v) is 7.71. The van der Waals surface area contributed by atoms with Crippen LogP contribution in [0.3, 0.4) is 0 Å². The molecule has 0 atom stereocenters. The molecule has 0 amide bonds. The number of hydrogen-bond acceptors (Lipinski definition) is 3. The first kappa shape index (κ1) is 15.6. The fourth-order valence-corrected chi connectivity index (χ4v) is 2.33. The number of halogens is 1. The van der Waals surface area contributed by atoms with Gasteiger partial charge in [0.2, 0.25) is 0 Å². The number of aliphatic imine (C=N–C) groups is 1. The molecule has 0 unspecified atom stereocenters. The molecule has 21 heavy (non-hydrogen) atoms. The van der Waals surface area contributed by atoms with Gasteiger partial charge in [0.1, 0.15) is 11.5 Å². The van der Waals surface area contributed by atoms with Crippen molar-refractivity contribution < 1.29 is 9.47 Å². The van der Waals surface area contributed by atoms with Crippen LogP contribution in [0.15, 0.2) is 51.9 Å². The maximum Gasteiger partial charge on any atom is 0.133 e. The molecule has 0 aliphatic carbocycles. The molecule has 4 heteroatoms. The van der Waals surface area contributed by atoms with Crippen LogP contribution in [0, 0.1) is 0 Å². The molecule has 0 spiro atoms. The quantitative estimate of drug-likeness (QED) is 0.688. The number of benzene rings is 2. The van der Waals surface area contributed by atoms with Crippen LogP contribution in [-0.4, -0.2) is 19.4 Å². The molecule has 2 aromatic rings. The van der Waals surface area contributed by atoms with Gasteiger partial charge >= 0.3 is 0 Å². The summed E-state index contributed by atoms with van der Waals surface area (Å²) in [5, 5.41) is 0. The van der Waals surface area contributed by atoms with Crippen molar-refractivity contribution in [1.82, 2.24) is 0 Å². The van der Waals surface area contributed by atoms with Crippen LogP contribution in [0.25, 0.3) is 0 Å². The van der Waals surface area contributed by atoms with Crippen LogP contribution in [0.2, 0.25) is 0 Å². The number of hydrogen-bond donors (Lipinski definition) is 0. The Morgan fingerprint density at radius 3 is 2.33 bits per heavy atom. The first-order valence-electron chi connectivity index (χ1n) is 6.92. The highest BCUT2D eigenvalue weighted by molar-refractivity contribution is 9.10. The van der Waals surface area contributed by atoms with Crippen molar-refractivity contribution in [2.24, 2.45) is 4.99 Å².